The van der Waals surface area contributed by atoms with Gasteiger partial charge in [-0.25, -0.2) is 13.6 Å². The fourth-order valence-corrected chi connectivity index (χ4v) is 2.18. The largest absolute Gasteiger partial charge is 0.387 e. The molecule has 1 fully saturated rings. The van der Waals surface area contributed by atoms with Crippen molar-refractivity contribution in [3.63, 3.8) is 0 Å². The molecule has 2 rings (SSSR count). The molecule has 0 aromatic heterocycles. The maximum atomic E-state index is 13.4. The fourth-order valence-electron chi connectivity index (χ4n) is 2.18. The van der Waals surface area contributed by atoms with Gasteiger partial charge in [-0.15, -0.1) is 0 Å². The lowest BCUT2D eigenvalue weighted by Gasteiger charge is -2.28. The minimum Gasteiger partial charge on any atom is -0.387 e. The van der Waals surface area contributed by atoms with E-state index in [1.165, 1.54) is 11.9 Å². The highest BCUT2D eigenvalue weighted by Crippen LogP contribution is 2.18. The Morgan fingerprint density at radius 3 is 2.90 bits per heavy atom. The number of rotatable bonds is 3. The number of nitrogens with zero attached hydrogens (tertiary/aromatic N) is 1. The third-order valence-electron chi connectivity index (χ3n) is 3.27. The third kappa shape index (κ3) is 3.43. The van der Waals surface area contributed by atoms with E-state index in [-0.39, 0.29) is 12.2 Å². The van der Waals surface area contributed by atoms with E-state index >= 15 is 0 Å². The van der Waals surface area contributed by atoms with Crippen LogP contribution in [0.4, 0.5) is 19.3 Å². The molecule has 7 heteroatoms. The minimum atomic E-state index is -0.965. The van der Waals surface area contributed by atoms with Crippen LogP contribution in [0.1, 0.15) is 6.42 Å². The van der Waals surface area contributed by atoms with Gasteiger partial charge in [-0.3, -0.25) is 0 Å². The highest BCUT2D eigenvalue weighted by molar-refractivity contribution is 5.89. The summed E-state index contributed by atoms with van der Waals surface area (Å²) < 4.78 is 26.2. The molecule has 1 unspecified atom stereocenters. The molecule has 0 bridgehead atoms. The zero-order chi connectivity index (χ0) is 14.8. The quantitative estimate of drug-likeness (QED) is 0.780. The number of carbonyl (C=O) groups excluding carboxylic acids is 1. The smallest absolute Gasteiger partial charge is 0.321 e. The molecule has 3 N–H and O–H groups in total. The predicted molar refractivity (Wildman–Crippen MR) is 70.4 cm³/mol. The first-order chi connectivity index (χ1) is 9.39. The summed E-state index contributed by atoms with van der Waals surface area (Å²) in [5.41, 5.74) is -1.06. The van der Waals surface area contributed by atoms with E-state index in [2.05, 4.69) is 10.6 Å². The number of hydrogen-bond donors (Lipinski definition) is 3. The van der Waals surface area contributed by atoms with Crippen LogP contribution in [0.15, 0.2) is 18.2 Å². The van der Waals surface area contributed by atoms with Gasteiger partial charge in [-0.2, -0.15) is 0 Å². The van der Waals surface area contributed by atoms with Crippen LogP contribution in [0, 0.1) is 11.6 Å². The lowest BCUT2D eigenvalue weighted by Crippen LogP contribution is -2.46. The minimum absolute atomic E-state index is 0.0974. The first-order valence-corrected chi connectivity index (χ1v) is 6.30. The van der Waals surface area contributed by atoms with E-state index in [1.54, 1.807) is 0 Å². The number of likely N-dealkylation sites (N-methyl/N-ethyl adjacent to an activating group) is 1. The van der Waals surface area contributed by atoms with Crippen molar-refractivity contribution in [2.75, 3.05) is 32.0 Å². The topological polar surface area (TPSA) is 64.6 Å². The molecule has 5 nitrogen and oxygen atoms in total. The molecule has 1 saturated heterocycles. The second kappa shape index (κ2) is 5.72. The first kappa shape index (κ1) is 14.7. The summed E-state index contributed by atoms with van der Waals surface area (Å²) in [6.45, 7) is 1.24. The zero-order valence-corrected chi connectivity index (χ0v) is 11.1. The number of β-amino-alcohol motifs (C(OH)–C–C–N with tert-alkyl or cyclic N) is 1. The Kier molecular flexibility index (Phi) is 4.20. The molecule has 20 heavy (non-hydrogen) atoms. The maximum Gasteiger partial charge on any atom is 0.321 e. The fraction of sp³-hybridized carbons (Fsp3) is 0.462. The molecule has 1 aliphatic rings. The normalized spacial score (nSPS) is 21.8. The highest BCUT2D eigenvalue weighted by atomic mass is 19.1. The first-order valence-electron chi connectivity index (χ1n) is 6.30. The van der Waals surface area contributed by atoms with Crippen LogP contribution in [-0.2, 0) is 0 Å². The van der Waals surface area contributed by atoms with E-state index < -0.39 is 23.3 Å². The van der Waals surface area contributed by atoms with Crippen LogP contribution in [-0.4, -0.2) is 48.3 Å². The molecule has 0 radical (unpaired) electrons. The number of hydrogen-bond acceptors (Lipinski definition) is 3. The molecule has 0 aliphatic carbocycles. The summed E-state index contributed by atoms with van der Waals surface area (Å²) in [4.78, 5) is 13.2. The van der Waals surface area contributed by atoms with Gasteiger partial charge in [0, 0.05) is 19.7 Å². The van der Waals surface area contributed by atoms with Crippen LogP contribution in [0.2, 0.25) is 0 Å². The van der Waals surface area contributed by atoms with Gasteiger partial charge in [-0.05, 0) is 25.1 Å². The van der Waals surface area contributed by atoms with Gasteiger partial charge in [0.15, 0.2) is 0 Å². The molecule has 1 aromatic carbocycles. The summed E-state index contributed by atoms with van der Waals surface area (Å²) in [5.74, 6) is -1.55. The van der Waals surface area contributed by atoms with Crippen LogP contribution >= 0.6 is 0 Å². The molecular weight excluding hydrogens is 268 g/mol. The van der Waals surface area contributed by atoms with Crippen molar-refractivity contribution in [3.05, 3.63) is 29.8 Å². The molecule has 0 spiro atoms. The SMILES string of the molecule is CN(CC1(O)CCNC1)C(=O)Nc1ccc(F)cc1F. The maximum absolute atomic E-state index is 13.4. The van der Waals surface area contributed by atoms with Gasteiger partial charge < -0.3 is 20.6 Å². The number of nitrogens with one attached hydrogen (secondary N) is 2. The van der Waals surface area contributed by atoms with Gasteiger partial charge in [0.25, 0.3) is 0 Å². The second-order valence-electron chi connectivity index (χ2n) is 5.06. The van der Waals surface area contributed by atoms with Crippen molar-refractivity contribution in [2.45, 2.75) is 12.0 Å². The van der Waals surface area contributed by atoms with Crippen molar-refractivity contribution in [1.29, 1.82) is 0 Å². The predicted octanol–water partition coefficient (Wildman–Crippen LogP) is 1.15. The van der Waals surface area contributed by atoms with Gasteiger partial charge in [0.1, 0.15) is 11.6 Å². The van der Waals surface area contributed by atoms with Gasteiger partial charge in [0.05, 0.1) is 17.8 Å². The third-order valence-corrected chi connectivity index (χ3v) is 3.27. The van der Waals surface area contributed by atoms with E-state index in [4.69, 9.17) is 0 Å². The standard InChI is InChI=1S/C13H17F2N3O2/c1-18(8-13(20)4-5-16-7-13)12(19)17-11-3-2-9(14)6-10(11)15/h2-3,6,16,20H,4-5,7-8H2,1H3,(H,17,19). The van der Waals surface area contributed by atoms with Crippen molar-refractivity contribution in [1.82, 2.24) is 10.2 Å². The lowest BCUT2D eigenvalue weighted by atomic mass is 10.0. The summed E-state index contributed by atoms with van der Waals surface area (Å²) in [7, 11) is 1.51. The number of carbonyl (C=O) groups is 1. The van der Waals surface area contributed by atoms with Crippen LogP contribution in [0.5, 0.6) is 0 Å². The molecule has 0 saturated carbocycles. The molecule has 1 aromatic rings. The van der Waals surface area contributed by atoms with Crippen molar-refractivity contribution >= 4 is 11.7 Å². The summed E-state index contributed by atoms with van der Waals surface area (Å²) in [6.07, 6.45) is 0.551. The zero-order valence-electron chi connectivity index (χ0n) is 11.1. The second-order valence-corrected chi connectivity index (χ2v) is 5.06. The van der Waals surface area contributed by atoms with E-state index in [1.807, 2.05) is 0 Å². The molecule has 1 heterocycles. The van der Waals surface area contributed by atoms with Crippen LogP contribution in [0.25, 0.3) is 0 Å². The average molecular weight is 285 g/mol. The van der Waals surface area contributed by atoms with Crippen molar-refractivity contribution < 1.29 is 18.7 Å². The number of aliphatic hydroxyl groups is 1. The average Bonchev–Trinajstić information content (AvgIpc) is 2.79. The Balaban J connectivity index is 1.97. The number of halogens is 2. The molecule has 1 atom stereocenters. The van der Waals surface area contributed by atoms with E-state index in [0.717, 1.165) is 12.1 Å². The Hall–Kier alpha value is -1.73. The Bertz CT molecular complexity index is 504. The van der Waals surface area contributed by atoms with Crippen LogP contribution < -0.4 is 10.6 Å². The van der Waals surface area contributed by atoms with Gasteiger partial charge in [0.2, 0.25) is 0 Å². The Morgan fingerprint density at radius 2 is 2.30 bits per heavy atom. The Labute approximate surface area is 115 Å². The molecule has 110 valence electrons. The van der Waals surface area contributed by atoms with Crippen molar-refractivity contribution in [2.24, 2.45) is 0 Å². The van der Waals surface area contributed by atoms with Gasteiger partial charge >= 0.3 is 6.03 Å². The summed E-state index contributed by atoms with van der Waals surface area (Å²) in [6, 6.07) is 2.36. The monoisotopic (exact) mass is 285 g/mol. The molecule has 1 aliphatic heterocycles. The number of benzene rings is 1. The van der Waals surface area contributed by atoms with Crippen LogP contribution in [0.3, 0.4) is 0 Å². The molecular formula is C13H17F2N3O2. The highest BCUT2D eigenvalue weighted by Gasteiger charge is 2.33. The number of amides is 2. The summed E-state index contributed by atoms with van der Waals surface area (Å²) >= 11 is 0. The Morgan fingerprint density at radius 1 is 1.55 bits per heavy atom. The number of anilines is 1. The van der Waals surface area contributed by atoms with E-state index in [9.17, 15) is 18.7 Å². The summed E-state index contributed by atoms with van der Waals surface area (Å²) in [5, 5.41) is 15.5. The van der Waals surface area contributed by atoms with Crippen molar-refractivity contribution in [3.8, 4) is 0 Å². The van der Waals surface area contributed by atoms with E-state index in [0.29, 0.717) is 25.6 Å². The van der Waals surface area contributed by atoms with Gasteiger partial charge in [-0.1, -0.05) is 0 Å². The lowest BCUT2D eigenvalue weighted by molar-refractivity contribution is 0.0384. The number of urea groups is 1. The molecule has 2 amide bonds.